The molecule has 1 aliphatic heterocycles. The predicted molar refractivity (Wildman–Crippen MR) is 71.4 cm³/mol. The number of aliphatic hydroxyl groups is 1. The van der Waals surface area contributed by atoms with Gasteiger partial charge in [0.2, 0.25) is 0 Å². The van der Waals surface area contributed by atoms with Gasteiger partial charge in [0.05, 0.1) is 11.1 Å². The van der Waals surface area contributed by atoms with Gasteiger partial charge in [0.1, 0.15) is 6.61 Å². The Morgan fingerprint density at radius 1 is 1.50 bits per heavy atom. The summed E-state index contributed by atoms with van der Waals surface area (Å²) in [4.78, 5) is 18.2. The third-order valence-electron chi connectivity index (χ3n) is 2.65. The van der Waals surface area contributed by atoms with Crippen LogP contribution in [0.25, 0.3) is 0 Å². The Hall–Kier alpha value is -1.51. The van der Waals surface area contributed by atoms with Crippen molar-refractivity contribution in [2.24, 2.45) is 0 Å². The third-order valence-corrected chi connectivity index (χ3v) is 3.59. The van der Waals surface area contributed by atoms with Crippen molar-refractivity contribution in [3.63, 3.8) is 0 Å². The zero-order valence-electron chi connectivity index (χ0n) is 9.93. The van der Waals surface area contributed by atoms with Gasteiger partial charge in [-0.2, -0.15) is 11.8 Å². The summed E-state index contributed by atoms with van der Waals surface area (Å²) in [5.41, 5.74) is 1.15. The average Bonchev–Trinajstić information content (AvgIpc) is 2.45. The van der Waals surface area contributed by atoms with Gasteiger partial charge in [0, 0.05) is 37.0 Å². The van der Waals surface area contributed by atoms with Gasteiger partial charge in [-0.05, 0) is 6.07 Å². The van der Waals surface area contributed by atoms with Crippen molar-refractivity contribution in [2.45, 2.75) is 0 Å². The molecule has 2 rings (SSSR count). The highest BCUT2D eigenvalue weighted by atomic mass is 32.2. The Balaban J connectivity index is 2.23. The Morgan fingerprint density at radius 3 is 3.00 bits per heavy atom. The van der Waals surface area contributed by atoms with E-state index in [4.69, 9.17) is 5.11 Å². The molecule has 1 aromatic rings. The lowest BCUT2D eigenvalue weighted by molar-refractivity contribution is 0.0772. The van der Waals surface area contributed by atoms with Gasteiger partial charge in [-0.3, -0.25) is 9.78 Å². The highest BCUT2D eigenvalue weighted by Crippen LogP contribution is 2.14. The number of thioether (sulfide) groups is 1. The number of nitrogens with zero attached hydrogens (tertiary/aromatic N) is 2. The van der Waals surface area contributed by atoms with E-state index in [0.717, 1.165) is 24.6 Å². The lowest BCUT2D eigenvalue weighted by atomic mass is 10.1. The van der Waals surface area contributed by atoms with Crippen molar-refractivity contribution < 1.29 is 9.90 Å². The molecule has 4 nitrogen and oxygen atoms in total. The molecule has 0 aliphatic carbocycles. The van der Waals surface area contributed by atoms with Gasteiger partial charge in [-0.15, -0.1) is 0 Å². The first-order chi connectivity index (χ1) is 8.83. The summed E-state index contributed by atoms with van der Waals surface area (Å²) in [5, 5.41) is 8.71. The number of aliphatic hydroxyl groups excluding tert-OH is 1. The molecule has 1 aromatic heterocycles. The third kappa shape index (κ3) is 3.03. The Labute approximate surface area is 110 Å². The zero-order valence-corrected chi connectivity index (χ0v) is 10.7. The molecule has 5 heteroatoms. The average molecular weight is 262 g/mol. The van der Waals surface area contributed by atoms with Crippen molar-refractivity contribution in [1.82, 2.24) is 9.88 Å². The van der Waals surface area contributed by atoms with Crippen LogP contribution in [0, 0.1) is 11.8 Å². The second kappa shape index (κ2) is 6.43. The van der Waals surface area contributed by atoms with Crippen LogP contribution in [0.15, 0.2) is 18.5 Å². The molecule has 0 saturated carbocycles. The SMILES string of the molecule is O=C(c1ccncc1C#CCO)N1CCSCC1. The van der Waals surface area contributed by atoms with Crippen LogP contribution in [-0.2, 0) is 0 Å². The first-order valence-corrected chi connectivity index (χ1v) is 6.89. The molecule has 2 heterocycles. The maximum Gasteiger partial charge on any atom is 0.255 e. The topological polar surface area (TPSA) is 53.4 Å². The van der Waals surface area contributed by atoms with Crippen molar-refractivity contribution in [1.29, 1.82) is 0 Å². The van der Waals surface area contributed by atoms with E-state index >= 15 is 0 Å². The molecular formula is C13H14N2O2S. The maximum atomic E-state index is 12.3. The molecule has 18 heavy (non-hydrogen) atoms. The summed E-state index contributed by atoms with van der Waals surface area (Å²) in [6, 6.07) is 1.69. The number of carbonyl (C=O) groups excluding carboxylic acids is 1. The molecule has 0 aromatic carbocycles. The number of pyridine rings is 1. The molecule has 94 valence electrons. The van der Waals surface area contributed by atoms with Crippen LogP contribution < -0.4 is 0 Å². The standard InChI is InChI=1S/C13H14N2O2S/c16-7-1-2-11-10-14-4-3-12(11)13(17)15-5-8-18-9-6-15/h3-4,10,16H,5-9H2. The van der Waals surface area contributed by atoms with E-state index in [1.807, 2.05) is 16.7 Å². The fourth-order valence-corrected chi connectivity index (χ4v) is 2.66. The molecule has 1 N–H and O–H groups in total. The van der Waals surface area contributed by atoms with Gasteiger partial charge in [-0.25, -0.2) is 0 Å². The lowest BCUT2D eigenvalue weighted by Crippen LogP contribution is -2.38. The highest BCUT2D eigenvalue weighted by Gasteiger charge is 2.20. The summed E-state index contributed by atoms with van der Waals surface area (Å²) in [5.74, 6) is 7.28. The minimum absolute atomic E-state index is 0.0000557. The van der Waals surface area contributed by atoms with Crippen LogP contribution >= 0.6 is 11.8 Å². The van der Waals surface area contributed by atoms with Crippen molar-refractivity contribution in [3.05, 3.63) is 29.6 Å². The van der Waals surface area contributed by atoms with E-state index in [2.05, 4.69) is 16.8 Å². The van der Waals surface area contributed by atoms with E-state index in [1.165, 1.54) is 0 Å². The summed E-state index contributed by atoms with van der Waals surface area (Å²) in [6.45, 7) is 1.33. The Bertz CT molecular complexity index is 487. The number of amides is 1. The molecule has 0 bridgehead atoms. The Kier molecular flexibility index (Phi) is 4.62. The second-order valence-electron chi connectivity index (χ2n) is 3.79. The van der Waals surface area contributed by atoms with Crippen LogP contribution in [0.5, 0.6) is 0 Å². The van der Waals surface area contributed by atoms with Crippen LogP contribution in [0.1, 0.15) is 15.9 Å². The predicted octanol–water partition coefficient (Wildman–Crippen LogP) is 0.614. The molecular weight excluding hydrogens is 248 g/mol. The fraction of sp³-hybridized carbons (Fsp3) is 0.385. The lowest BCUT2D eigenvalue weighted by Gasteiger charge is -2.26. The monoisotopic (exact) mass is 262 g/mol. The quantitative estimate of drug-likeness (QED) is 0.754. The molecule has 1 fully saturated rings. The number of hydrogen-bond donors (Lipinski definition) is 1. The van der Waals surface area contributed by atoms with Crippen molar-refractivity contribution in [2.75, 3.05) is 31.2 Å². The molecule has 0 unspecified atom stereocenters. The number of rotatable bonds is 1. The summed E-state index contributed by atoms with van der Waals surface area (Å²) in [6.07, 6.45) is 3.16. The van der Waals surface area contributed by atoms with Gasteiger partial charge in [-0.1, -0.05) is 11.8 Å². The number of aromatic nitrogens is 1. The number of carbonyl (C=O) groups is 1. The zero-order chi connectivity index (χ0) is 12.8. The summed E-state index contributed by atoms with van der Waals surface area (Å²) < 4.78 is 0. The largest absolute Gasteiger partial charge is 0.384 e. The molecule has 0 atom stereocenters. The van der Waals surface area contributed by atoms with Gasteiger partial charge < -0.3 is 10.0 Å². The summed E-state index contributed by atoms with van der Waals surface area (Å²) in [7, 11) is 0. The second-order valence-corrected chi connectivity index (χ2v) is 5.01. The van der Waals surface area contributed by atoms with Crippen molar-refractivity contribution in [3.8, 4) is 11.8 Å². The number of hydrogen-bond acceptors (Lipinski definition) is 4. The fourth-order valence-electron chi connectivity index (χ4n) is 1.75. The molecule has 1 saturated heterocycles. The van der Waals surface area contributed by atoms with E-state index in [9.17, 15) is 4.79 Å². The smallest absolute Gasteiger partial charge is 0.255 e. The van der Waals surface area contributed by atoms with E-state index in [0.29, 0.717) is 11.1 Å². The van der Waals surface area contributed by atoms with Crippen LogP contribution in [0.4, 0.5) is 0 Å². The van der Waals surface area contributed by atoms with E-state index < -0.39 is 0 Å². The molecule has 0 radical (unpaired) electrons. The first kappa shape index (κ1) is 12.9. The van der Waals surface area contributed by atoms with Crippen LogP contribution in [0.3, 0.4) is 0 Å². The maximum absolute atomic E-state index is 12.3. The normalized spacial score (nSPS) is 14.8. The van der Waals surface area contributed by atoms with E-state index in [-0.39, 0.29) is 12.5 Å². The van der Waals surface area contributed by atoms with Crippen molar-refractivity contribution >= 4 is 17.7 Å². The van der Waals surface area contributed by atoms with Gasteiger partial charge >= 0.3 is 0 Å². The van der Waals surface area contributed by atoms with Gasteiger partial charge in [0.25, 0.3) is 5.91 Å². The molecule has 0 spiro atoms. The molecule has 1 aliphatic rings. The minimum Gasteiger partial charge on any atom is -0.384 e. The Morgan fingerprint density at radius 2 is 2.28 bits per heavy atom. The van der Waals surface area contributed by atoms with Crippen LogP contribution in [-0.4, -0.2) is 52.1 Å². The minimum atomic E-state index is -0.219. The first-order valence-electron chi connectivity index (χ1n) is 5.73. The highest BCUT2D eigenvalue weighted by molar-refractivity contribution is 7.99. The molecule has 1 amide bonds. The summed E-state index contributed by atoms with van der Waals surface area (Å²) >= 11 is 1.86. The van der Waals surface area contributed by atoms with E-state index in [1.54, 1.807) is 18.5 Å². The van der Waals surface area contributed by atoms with Gasteiger partial charge in [0.15, 0.2) is 0 Å². The van der Waals surface area contributed by atoms with Crippen LogP contribution in [0.2, 0.25) is 0 Å².